The van der Waals surface area contributed by atoms with Crippen LogP contribution >= 0.6 is 27.3 Å². The molecule has 15 heavy (non-hydrogen) atoms. The summed E-state index contributed by atoms with van der Waals surface area (Å²) in [6.45, 7) is 2.61. The van der Waals surface area contributed by atoms with Gasteiger partial charge in [-0.15, -0.1) is 11.3 Å². The summed E-state index contributed by atoms with van der Waals surface area (Å²) in [7, 11) is 3.53. The van der Waals surface area contributed by atoms with E-state index < -0.39 is 0 Å². The average molecular weight is 291 g/mol. The Labute approximate surface area is 103 Å². The van der Waals surface area contributed by atoms with Crippen molar-refractivity contribution in [3.05, 3.63) is 20.8 Å². The highest BCUT2D eigenvalue weighted by Crippen LogP contribution is 2.19. The quantitative estimate of drug-likeness (QED) is 0.921. The molecule has 0 saturated heterocycles. The maximum atomic E-state index is 11.5. The molecule has 1 aromatic rings. The summed E-state index contributed by atoms with van der Waals surface area (Å²) < 4.78 is 1.09. The van der Waals surface area contributed by atoms with Gasteiger partial charge in [0, 0.05) is 35.4 Å². The molecule has 0 aliphatic carbocycles. The molecule has 5 heteroatoms. The Morgan fingerprint density at radius 3 is 2.80 bits per heavy atom. The van der Waals surface area contributed by atoms with Crippen LogP contribution in [0.15, 0.2) is 15.9 Å². The zero-order chi connectivity index (χ0) is 11.4. The zero-order valence-corrected chi connectivity index (χ0v) is 11.5. The molecule has 0 bridgehead atoms. The van der Waals surface area contributed by atoms with E-state index in [2.05, 4.69) is 27.3 Å². The van der Waals surface area contributed by atoms with Crippen LogP contribution in [0.4, 0.5) is 0 Å². The van der Waals surface area contributed by atoms with Gasteiger partial charge in [0.15, 0.2) is 0 Å². The number of carbonyl (C=O) groups is 1. The molecule has 1 amide bonds. The van der Waals surface area contributed by atoms with Gasteiger partial charge in [-0.25, -0.2) is 0 Å². The molecule has 0 radical (unpaired) electrons. The third-order valence-electron chi connectivity index (χ3n) is 2.02. The second kappa shape index (κ2) is 5.63. The normalized spacial score (nSPS) is 12.5. The van der Waals surface area contributed by atoms with Crippen LogP contribution in [0.3, 0.4) is 0 Å². The van der Waals surface area contributed by atoms with Gasteiger partial charge < -0.3 is 10.2 Å². The summed E-state index contributed by atoms with van der Waals surface area (Å²) >= 11 is 5.08. The molecule has 0 unspecified atom stereocenters. The number of hydrogen-bond acceptors (Lipinski definition) is 3. The van der Waals surface area contributed by atoms with Gasteiger partial charge in [0.05, 0.1) is 6.04 Å². The van der Waals surface area contributed by atoms with Gasteiger partial charge in [-0.3, -0.25) is 4.79 Å². The largest absolute Gasteiger partial charge is 0.347 e. The summed E-state index contributed by atoms with van der Waals surface area (Å²) in [5.74, 6) is 0.102. The minimum atomic E-state index is -0.138. The molecule has 1 aromatic heterocycles. The predicted octanol–water partition coefficient (Wildman–Crippen LogP) is 2.08. The fourth-order valence-corrected chi connectivity index (χ4v) is 2.58. The number of thiophene rings is 1. The van der Waals surface area contributed by atoms with Gasteiger partial charge in [-0.05, 0) is 28.9 Å². The molecule has 3 nitrogen and oxygen atoms in total. The zero-order valence-electron chi connectivity index (χ0n) is 9.08. The molecule has 84 valence electrons. The van der Waals surface area contributed by atoms with Gasteiger partial charge >= 0.3 is 0 Å². The Morgan fingerprint density at radius 1 is 1.67 bits per heavy atom. The molecule has 0 saturated carbocycles. The SMILES string of the molecule is C[C@@H](NCc1cc(Br)cs1)C(=O)N(C)C. The van der Waals surface area contributed by atoms with Crippen LogP contribution in [-0.4, -0.2) is 30.9 Å². The van der Waals surface area contributed by atoms with Crippen LogP contribution in [0.1, 0.15) is 11.8 Å². The van der Waals surface area contributed by atoms with E-state index in [0.29, 0.717) is 0 Å². The molecule has 0 aliphatic rings. The number of nitrogens with zero attached hydrogens (tertiary/aromatic N) is 1. The molecule has 0 fully saturated rings. The Kier molecular flexibility index (Phi) is 4.76. The highest BCUT2D eigenvalue weighted by molar-refractivity contribution is 9.10. The molecule has 1 rings (SSSR count). The highest BCUT2D eigenvalue weighted by Gasteiger charge is 2.13. The van der Waals surface area contributed by atoms with Crippen molar-refractivity contribution in [1.82, 2.24) is 10.2 Å². The molecule has 1 atom stereocenters. The Hall–Kier alpha value is -0.390. The fraction of sp³-hybridized carbons (Fsp3) is 0.500. The van der Waals surface area contributed by atoms with Crippen molar-refractivity contribution in [1.29, 1.82) is 0 Å². The summed E-state index contributed by atoms with van der Waals surface area (Å²) in [5.41, 5.74) is 0. The summed E-state index contributed by atoms with van der Waals surface area (Å²) in [4.78, 5) is 14.3. The van der Waals surface area contributed by atoms with E-state index in [1.807, 2.05) is 12.3 Å². The van der Waals surface area contributed by atoms with E-state index in [0.717, 1.165) is 11.0 Å². The molecule has 0 aromatic carbocycles. The first-order valence-electron chi connectivity index (χ1n) is 4.68. The van der Waals surface area contributed by atoms with E-state index >= 15 is 0 Å². The van der Waals surface area contributed by atoms with Crippen molar-refractivity contribution in [2.45, 2.75) is 19.5 Å². The second-order valence-electron chi connectivity index (χ2n) is 3.57. The smallest absolute Gasteiger partial charge is 0.238 e. The lowest BCUT2D eigenvalue weighted by atomic mass is 10.3. The lowest BCUT2D eigenvalue weighted by molar-refractivity contribution is -0.130. The average Bonchev–Trinajstić information content (AvgIpc) is 2.59. The first kappa shape index (κ1) is 12.7. The fourth-order valence-electron chi connectivity index (χ4n) is 1.17. The lowest BCUT2D eigenvalue weighted by Crippen LogP contribution is -2.40. The Morgan fingerprint density at radius 2 is 2.33 bits per heavy atom. The maximum Gasteiger partial charge on any atom is 0.238 e. The maximum absolute atomic E-state index is 11.5. The topological polar surface area (TPSA) is 32.3 Å². The Balaban J connectivity index is 2.40. The van der Waals surface area contributed by atoms with Crippen molar-refractivity contribution < 1.29 is 4.79 Å². The monoisotopic (exact) mass is 290 g/mol. The van der Waals surface area contributed by atoms with E-state index in [9.17, 15) is 4.79 Å². The van der Waals surface area contributed by atoms with Crippen molar-refractivity contribution in [2.24, 2.45) is 0 Å². The van der Waals surface area contributed by atoms with Crippen LogP contribution in [0.2, 0.25) is 0 Å². The standard InChI is InChI=1S/C10H15BrN2OS/c1-7(10(14)13(2)3)12-5-9-4-8(11)6-15-9/h4,6-7,12H,5H2,1-3H3/t7-/m1/s1. The molecular formula is C10H15BrN2OS. The Bertz CT molecular complexity index is 338. The minimum Gasteiger partial charge on any atom is -0.347 e. The minimum absolute atomic E-state index is 0.102. The molecule has 1 heterocycles. The van der Waals surface area contributed by atoms with E-state index in [1.165, 1.54) is 4.88 Å². The molecule has 1 N–H and O–H groups in total. The van der Waals surface area contributed by atoms with E-state index in [-0.39, 0.29) is 11.9 Å². The summed E-state index contributed by atoms with van der Waals surface area (Å²) in [6.07, 6.45) is 0. The van der Waals surface area contributed by atoms with Crippen LogP contribution in [-0.2, 0) is 11.3 Å². The summed E-state index contributed by atoms with van der Waals surface area (Å²) in [6, 6.07) is 1.92. The van der Waals surface area contributed by atoms with Crippen molar-refractivity contribution in [2.75, 3.05) is 14.1 Å². The number of likely N-dealkylation sites (N-methyl/N-ethyl adjacent to an activating group) is 1. The van der Waals surface area contributed by atoms with Gasteiger partial charge in [0.25, 0.3) is 0 Å². The van der Waals surface area contributed by atoms with Gasteiger partial charge in [0.1, 0.15) is 0 Å². The third-order valence-corrected chi connectivity index (χ3v) is 3.71. The molecule has 0 aliphatic heterocycles. The number of carbonyl (C=O) groups excluding carboxylic acids is 1. The van der Waals surface area contributed by atoms with Crippen molar-refractivity contribution >= 4 is 33.2 Å². The van der Waals surface area contributed by atoms with Gasteiger partial charge in [-0.1, -0.05) is 0 Å². The third kappa shape index (κ3) is 3.93. The number of nitrogens with one attached hydrogen (secondary N) is 1. The molecule has 0 spiro atoms. The first-order valence-corrected chi connectivity index (χ1v) is 6.35. The van der Waals surface area contributed by atoms with Gasteiger partial charge in [-0.2, -0.15) is 0 Å². The van der Waals surface area contributed by atoms with Gasteiger partial charge in [0.2, 0.25) is 5.91 Å². The molecular weight excluding hydrogens is 276 g/mol. The van der Waals surface area contributed by atoms with E-state index in [1.54, 1.807) is 30.3 Å². The summed E-state index contributed by atoms with van der Waals surface area (Å²) in [5, 5.41) is 5.23. The number of amides is 1. The lowest BCUT2D eigenvalue weighted by Gasteiger charge is -2.17. The van der Waals surface area contributed by atoms with Crippen LogP contribution in [0, 0.1) is 0 Å². The van der Waals surface area contributed by atoms with Crippen molar-refractivity contribution in [3.63, 3.8) is 0 Å². The van der Waals surface area contributed by atoms with Crippen molar-refractivity contribution in [3.8, 4) is 0 Å². The second-order valence-corrected chi connectivity index (χ2v) is 5.48. The van der Waals surface area contributed by atoms with Crippen LogP contribution in [0.5, 0.6) is 0 Å². The van der Waals surface area contributed by atoms with Crippen LogP contribution < -0.4 is 5.32 Å². The first-order chi connectivity index (χ1) is 7.00. The number of rotatable bonds is 4. The van der Waals surface area contributed by atoms with Crippen LogP contribution in [0.25, 0.3) is 0 Å². The highest BCUT2D eigenvalue weighted by atomic mass is 79.9. The number of halogens is 1. The van der Waals surface area contributed by atoms with E-state index in [4.69, 9.17) is 0 Å². The predicted molar refractivity (Wildman–Crippen MR) is 67.0 cm³/mol. The number of hydrogen-bond donors (Lipinski definition) is 1.